The third-order valence-corrected chi connectivity index (χ3v) is 4.26. The maximum Gasteiger partial charge on any atom is 0.328 e. The Morgan fingerprint density at radius 1 is 1.17 bits per heavy atom. The van der Waals surface area contributed by atoms with E-state index in [1.807, 2.05) is 18.2 Å². The Labute approximate surface area is 146 Å². The van der Waals surface area contributed by atoms with Crippen molar-refractivity contribution in [1.29, 1.82) is 0 Å². The van der Waals surface area contributed by atoms with Crippen LogP contribution < -0.4 is 9.47 Å². The summed E-state index contributed by atoms with van der Waals surface area (Å²) in [7, 11) is 1.57. The summed E-state index contributed by atoms with van der Waals surface area (Å²) < 4.78 is 11.1. The first-order valence-electron chi connectivity index (χ1n) is 7.59. The second-order valence-electron chi connectivity index (χ2n) is 4.95. The average Bonchev–Trinajstić information content (AvgIpc) is 2.61. The van der Waals surface area contributed by atoms with E-state index in [2.05, 4.69) is 12.1 Å². The van der Waals surface area contributed by atoms with Gasteiger partial charge >= 0.3 is 5.97 Å². The van der Waals surface area contributed by atoms with Crippen molar-refractivity contribution in [3.8, 4) is 11.5 Å². The van der Waals surface area contributed by atoms with Crippen molar-refractivity contribution in [2.24, 2.45) is 0 Å². The largest absolute Gasteiger partial charge is 0.493 e. The molecule has 0 aliphatic carbocycles. The van der Waals surface area contributed by atoms with Crippen LogP contribution in [0.2, 0.25) is 0 Å². The quantitative estimate of drug-likeness (QED) is 0.416. The molecule has 2 aromatic rings. The van der Waals surface area contributed by atoms with E-state index < -0.39 is 5.97 Å². The Morgan fingerprint density at radius 2 is 1.96 bits per heavy atom. The zero-order chi connectivity index (χ0) is 17.2. The second-order valence-corrected chi connectivity index (χ2v) is 6.11. The van der Waals surface area contributed by atoms with Crippen molar-refractivity contribution in [2.75, 3.05) is 19.5 Å². The summed E-state index contributed by atoms with van der Waals surface area (Å²) in [6.07, 6.45) is 3.53. The molecule has 1 N–H and O–H groups in total. The summed E-state index contributed by atoms with van der Waals surface area (Å²) in [4.78, 5) is 11.8. The monoisotopic (exact) mass is 344 g/mol. The van der Waals surface area contributed by atoms with Crippen molar-refractivity contribution in [1.82, 2.24) is 0 Å². The maximum atomic E-state index is 10.6. The minimum Gasteiger partial charge on any atom is -0.493 e. The highest BCUT2D eigenvalue weighted by Gasteiger charge is 2.05. The van der Waals surface area contributed by atoms with Crippen LogP contribution >= 0.6 is 11.8 Å². The van der Waals surface area contributed by atoms with Crippen LogP contribution in [0.15, 0.2) is 59.5 Å². The third-order valence-electron chi connectivity index (χ3n) is 3.16. The Bertz CT molecular complexity index is 683. The van der Waals surface area contributed by atoms with Gasteiger partial charge in [0.25, 0.3) is 0 Å². The second kappa shape index (κ2) is 9.67. The van der Waals surface area contributed by atoms with Crippen molar-refractivity contribution in [3.63, 3.8) is 0 Å². The summed E-state index contributed by atoms with van der Waals surface area (Å²) in [5.41, 5.74) is 0.751. The van der Waals surface area contributed by atoms with E-state index in [1.54, 1.807) is 37.1 Å². The number of thioether (sulfide) groups is 1. The molecule has 0 saturated carbocycles. The van der Waals surface area contributed by atoms with Crippen LogP contribution in [0.5, 0.6) is 11.5 Å². The van der Waals surface area contributed by atoms with Gasteiger partial charge < -0.3 is 14.6 Å². The molecule has 0 aliphatic rings. The zero-order valence-corrected chi connectivity index (χ0v) is 14.3. The molecule has 0 aromatic heterocycles. The minimum absolute atomic E-state index is 0.596. The van der Waals surface area contributed by atoms with Gasteiger partial charge in [-0.3, -0.25) is 0 Å². The first-order valence-corrected chi connectivity index (χ1v) is 8.57. The topological polar surface area (TPSA) is 55.8 Å². The summed E-state index contributed by atoms with van der Waals surface area (Å²) in [6.45, 7) is 0.598. The molecular weight excluding hydrogens is 324 g/mol. The standard InChI is InChI=1S/C19H20O4S/c1-22-18-14-15(9-11-19(20)21)8-10-17(18)23-12-5-13-24-16-6-3-2-4-7-16/h2-4,6-11,14H,5,12-13H2,1H3,(H,20,21). The molecule has 2 aromatic carbocycles. The third kappa shape index (κ3) is 6.01. The van der Waals surface area contributed by atoms with Crippen molar-refractivity contribution < 1.29 is 19.4 Å². The molecule has 0 radical (unpaired) electrons. The van der Waals surface area contributed by atoms with Crippen molar-refractivity contribution >= 4 is 23.8 Å². The fraction of sp³-hybridized carbons (Fsp3) is 0.211. The summed E-state index contributed by atoms with van der Waals surface area (Å²) in [6, 6.07) is 15.6. The van der Waals surface area contributed by atoms with Crippen LogP contribution in [0.3, 0.4) is 0 Å². The van der Waals surface area contributed by atoms with E-state index in [1.165, 1.54) is 11.0 Å². The summed E-state index contributed by atoms with van der Waals surface area (Å²) in [5, 5.41) is 8.66. The molecule has 24 heavy (non-hydrogen) atoms. The Hall–Kier alpha value is -2.40. The highest BCUT2D eigenvalue weighted by atomic mass is 32.2. The predicted molar refractivity (Wildman–Crippen MR) is 96.9 cm³/mol. The van der Waals surface area contributed by atoms with Gasteiger partial charge in [0.2, 0.25) is 0 Å². The van der Waals surface area contributed by atoms with Crippen molar-refractivity contribution in [2.45, 2.75) is 11.3 Å². The van der Waals surface area contributed by atoms with Gasteiger partial charge in [-0.2, -0.15) is 0 Å². The lowest BCUT2D eigenvalue weighted by Crippen LogP contribution is -2.00. The molecule has 4 nitrogen and oxygen atoms in total. The van der Waals surface area contributed by atoms with Gasteiger partial charge in [0.05, 0.1) is 13.7 Å². The van der Waals surface area contributed by atoms with E-state index in [4.69, 9.17) is 14.6 Å². The van der Waals surface area contributed by atoms with Crippen LogP contribution in [0.25, 0.3) is 6.08 Å². The first-order chi connectivity index (χ1) is 11.7. The highest BCUT2D eigenvalue weighted by molar-refractivity contribution is 7.99. The SMILES string of the molecule is COc1cc(C=CC(=O)O)ccc1OCCCSc1ccccc1. The normalized spacial score (nSPS) is 10.7. The Kier molecular flexibility index (Phi) is 7.23. The van der Waals surface area contributed by atoms with E-state index in [9.17, 15) is 4.79 Å². The van der Waals surface area contributed by atoms with Crippen molar-refractivity contribution in [3.05, 3.63) is 60.2 Å². The smallest absolute Gasteiger partial charge is 0.328 e. The summed E-state index contributed by atoms with van der Waals surface area (Å²) >= 11 is 1.80. The molecule has 0 aliphatic heterocycles. The number of ether oxygens (including phenoxy) is 2. The first kappa shape index (κ1) is 17.9. The fourth-order valence-corrected chi connectivity index (χ4v) is 2.87. The van der Waals surface area contributed by atoms with Gasteiger partial charge in [-0.05, 0) is 42.3 Å². The minimum atomic E-state index is -0.981. The molecule has 0 unspecified atom stereocenters. The lowest BCUT2D eigenvalue weighted by molar-refractivity contribution is -0.131. The van der Waals surface area contributed by atoms with Crippen LogP contribution in [-0.2, 0) is 4.79 Å². The van der Waals surface area contributed by atoms with Gasteiger partial charge in [-0.25, -0.2) is 4.79 Å². The zero-order valence-electron chi connectivity index (χ0n) is 13.5. The maximum absolute atomic E-state index is 10.6. The van der Waals surface area contributed by atoms with Gasteiger partial charge in [0.15, 0.2) is 11.5 Å². The van der Waals surface area contributed by atoms with Gasteiger partial charge in [-0.1, -0.05) is 24.3 Å². The Morgan fingerprint density at radius 3 is 2.67 bits per heavy atom. The molecule has 0 fully saturated rings. The number of benzene rings is 2. The number of carboxylic acid groups (broad SMARTS) is 1. The van der Waals surface area contributed by atoms with Crippen LogP contribution in [-0.4, -0.2) is 30.5 Å². The van der Waals surface area contributed by atoms with E-state index in [0.717, 1.165) is 23.8 Å². The highest BCUT2D eigenvalue weighted by Crippen LogP contribution is 2.29. The Balaban J connectivity index is 1.82. The molecule has 5 heteroatoms. The van der Waals surface area contributed by atoms with Gasteiger partial charge in [0, 0.05) is 16.7 Å². The molecule has 2 rings (SSSR count). The molecule has 0 amide bonds. The average molecular weight is 344 g/mol. The molecule has 0 spiro atoms. The van der Waals surface area contributed by atoms with E-state index in [0.29, 0.717) is 18.1 Å². The van der Waals surface area contributed by atoms with Crippen LogP contribution in [0, 0.1) is 0 Å². The molecule has 0 heterocycles. The predicted octanol–water partition coefficient (Wildman–Crippen LogP) is 4.35. The van der Waals surface area contributed by atoms with Crippen LogP contribution in [0.4, 0.5) is 0 Å². The molecule has 126 valence electrons. The molecular formula is C19H20O4S. The summed E-state index contributed by atoms with van der Waals surface area (Å²) in [5.74, 6) is 1.25. The van der Waals surface area contributed by atoms with E-state index in [-0.39, 0.29) is 0 Å². The molecule has 0 atom stereocenters. The number of rotatable bonds is 9. The number of carboxylic acids is 1. The van der Waals surface area contributed by atoms with Crippen LogP contribution in [0.1, 0.15) is 12.0 Å². The lowest BCUT2D eigenvalue weighted by Gasteiger charge is -2.11. The molecule has 0 bridgehead atoms. The van der Waals surface area contributed by atoms with Gasteiger partial charge in [-0.15, -0.1) is 11.8 Å². The fourth-order valence-electron chi connectivity index (χ4n) is 2.02. The lowest BCUT2D eigenvalue weighted by atomic mass is 10.2. The number of aliphatic carboxylic acids is 1. The number of hydrogen-bond acceptors (Lipinski definition) is 4. The number of hydrogen-bond donors (Lipinski definition) is 1. The van der Waals surface area contributed by atoms with Gasteiger partial charge in [0.1, 0.15) is 0 Å². The van der Waals surface area contributed by atoms with E-state index >= 15 is 0 Å². The number of methoxy groups -OCH3 is 1. The molecule has 0 saturated heterocycles. The number of carbonyl (C=O) groups is 1.